The van der Waals surface area contributed by atoms with Crippen molar-refractivity contribution in [1.29, 1.82) is 0 Å². The lowest BCUT2D eigenvalue weighted by molar-refractivity contribution is -0.116. The molecule has 0 spiro atoms. The highest BCUT2D eigenvalue weighted by Gasteiger charge is 1.98. The molecule has 1 heterocycles. The molecule has 0 saturated carbocycles. The van der Waals surface area contributed by atoms with E-state index in [1.807, 2.05) is 18.2 Å². The van der Waals surface area contributed by atoms with Crippen LogP contribution in [0.25, 0.3) is 6.08 Å². The molecule has 2 aromatic rings. The van der Waals surface area contributed by atoms with E-state index < -0.39 is 0 Å². The molecule has 0 bridgehead atoms. The number of hydrogen-bond acceptors (Lipinski definition) is 4. The predicted molar refractivity (Wildman–Crippen MR) is 79.2 cm³/mol. The fourth-order valence-corrected chi connectivity index (χ4v) is 1.64. The van der Waals surface area contributed by atoms with Crippen LogP contribution in [0.1, 0.15) is 5.76 Å². The van der Waals surface area contributed by atoms with Gasteiger partial charge in [0.15, 0.2) is 0 Å². The van der Waals surface area contributed by atoms with Crippen LogP contribution in [0.2, 0.25) is 0 Å². The summed E-state index contributed by atoms with van der Waals surface area (Å²) in [6.45, 7) is 0.798. The van der Waals surface area contributed by atoms with Crippen molar-refractivity contribution in [3.63, 3.8) is 0 Å². The lowest BCUT2D eigenvalue weighted by Crippen LogP contribution is -2.26. The zero-order chi connectivity index (χ0) is 14.9. The molecule has 21 heavy (non-hydrogen) atoms. The summed E-state index contributed by atoms with van der Waals surface area (Å²) < 4.78 is 15.7. The zero-order valence-corrected chi connectivity index (χ0v) is 11.7. The molecule has 1 N–H and O–H groups in total. The first-order valence-corrected chi connectivity index (χ1v) is 6.54. The molecule has 0 aliphatic rings. The average Bonchev–Trinajstić information content (AvgIpc) is 3.03. The molecule has 2 rings (SSSR count). The van der Waals surface area contributed by atoms with Crippen LogP contribution in [0.15, 0.2) is 53.2 Å². The van der Waals surface area contributed by atoms with Gasteiger partial charge in [-0.05, 0) is 30.3 Å². The van der Waals surface area contributed by atoms with E-state index in [-0.39, 0.29) is 5.91 Å². The van der Waals surface area contributed by atoms with Crippen molar-refractivity contribution in [2.24, 2.45) is 0 Å². The van der Waals surface area contributed by atoms with E-state index in [4.69, 9.17) is 13.9 Å². The Morgan fingerprint density at radius 2 is 2.14 bits per heavy atom. The van der Waals surface area contributed by atoms with E-state index in [0.717, 1.165) is 5.75 Å². The molecular formula is C16H17NO4. The van der Waals surface area contributed by atoms with Gasteiger partial charge in [0.2, 0.25) is 5.91 Å². The quantitative estimate of drug-likeness (QED) is 0.628. The Labute approximate surface area is 123 Å². The summed E-state index contributed by atoms with van der Waals surface area (Å²) in [6, 6.07) is 10.8. The van der Waals surface area contributed by atoms with Gasteiger partial charge in [-0.15, -0.1) is 0 Å². The standard InChI is InChI=1S/C16H17NO4/c1-19-14-4-2-5-15(12-14)21-11-9-17-16(18)8-7-13-6-3-10-20-13/h2-8,10,12H,9,11H2,1H3,(H,17,18)/b8-7+. The van der Waals surface area contributed by atoms with Crippen molar-refractivity contribution in [2.45, 2.75) is 0 Å². The maximum atomic E-state index is 11.5. The van der Waals surface area contributed by atoms with Gasteiger partial charge in [0, 0.05) is 12.1 Å². The Kier molecular flexibility index (Phi) is 5.46. The van der Waals surface area contributed by atoms with Gasteiger partial charge in [0.1, 0.15) is 23.9 Å². The number of nitrogens with one attached hydrogen (secondary N) is 1. The minimum atomic E-state index is -0.194. The van der Waals surface area contributed by atoms with Crippen LogP contribution in [0, 0.1) is 0 Å². The topological polar surface area (TPSA) is 60.7 Å². The van der Waals surface area contributed by atoms with Crippen LogP contribution in [0.4, 0.5) is 0 Å². The molecule has 0 saturated heterocycles. The number of methoxy groups -OCH3 is 1. The van der Waals surface area contributed by atoms with Crippen molar-refractivity contribution in [3.8, 4) is 11.5 Å². The van der Waals surface area contributed by atoms with Crippen molar-refractivity contribution >= 4 is 12.0 Å². The SMILES string of the molecule is COc1cccc(OCCNC(=O)/C=C/c2ccco2)c1. The summed E-state index contributed by atoms with van der Waals surface area (Å²) >= 11 is 0. The molecule has 0 fully saturated rings. The molecule has 0 atom stereocenters. The first kappa shape index (κ1) is 14.7. The number of carbonyl (C=O) groups excluding carboxylic acids is 1. The van der Waals surface area contributed by atoms with Crippen molar-refractivity contribution in [3.05, 3.63) is 54.5 Å². The highest BCUT2D eigenvalue weighted by atomic mass is 16.5. The van der Waals surface area contributed by atoms with Crippen LogP contribution in [-0.2, 0) is 4.79 Å². The smallest absolute Gasteiger partial charge is 0.244 e. The third kappa shape index (κ3) is 5.06. The summed E-state index contributed by atoms with van der Waals surface area (Å²) in [5, 5.41) is 2.72. The van der Waals surface area contributed by atoms with Crippen LogP contribution in [0.3, 0.4) is 0 Å². The van der Waals surface area contributed by atoms with Gasteiger partial charge < -0.3 is 19.2 Å². The van der Waals surface area contributed by atoms with Gasteiger partial charge in [-0.1, -0.05) is 6.07 Å². The number of ether oxygens (including phenoxy) is 2. The zero-order valence-electron chi connectivity index (χ0n) is 11.7. The third-order valence-corrected chi connectivity index (χ3v) is 2.65. The van der Waals surface area contributed by atoms with Crippen molar-refractivity contribution in [2.75, 3.05) is 20.3 Å². The van der Waals surface area contributed by atoms with Gasteiger partial charge in [0.25, 0.3) is 0 Å². The molecule has 5 nitrogen and oxygen atoms in total. The average molecular weight is 287 g/mol. The van der Waals surface area contributed by atoms with E-state index >= 15 is 0 Å². The second-order valence-corrected chi connectivity index (χ2v) is 4.17. The molecule has 0 radical (unpaired) electrons. The van der Waals surface area contributed by atoms with Crippen LogP contribution >= 0.6 is 0 Å². The molecule has 1 aromatic heterocycles. The maximum Gasteiger partial charge on any atom is 0.244 e. The van der Waals surface area contributed by atoms with E-state index in [1.165, 1.54) is 6.08 Å². The first-order chi connectivity index (χ1) is 10.3. The predicted octanol–water partition coefficient (Wildman–Crippen LogP) is 2.50. The van der Waals surface area contributed by atoms with Crippen LogP contribution in [-0.4, -0.2) is 26.2 Å². The fourth-order valence-electron chi connectivity index (χ4n) is 1.64. The molecule has 1 aromatic carbocycles. The van der Waals surface area contributed by atoms with Crippen molar-refractivity contribution < 1.29 is 18.7 Å². The van der Waals surface area contributed by atoms with Crippen LogP contribution < -0.4 is 14.8 Å². The number of rotatable bonds is 7. The minimum Gasteiger partial charge on any atom is -0.497 e. The Morgan fingerprint density at radius 3 is 2.90 bits per heavy atom. The first-order valence-electron chi connectivity index (χ1n) is 6.54. The fraction of sp³-hybridized carbons (Fsp3) is 0.188. The molecular weight excluding hydrogens is 270 g/mol. The Bertz CT molecular complexity index is 590. The van der Waals surface area contributed by atoms with Crippen LogP contribution in [0.5, 0.6) is 11.5 Å². The second-order valence-electron chi connectivity index (χ2n) is 4.17. The van der Waals surface area contributed by atoms with Gasteiger partial charge in [-0.25, -0.2) is 0 Å². The summed E-state index contributed by atoms with van der Waals surface area (Å²) in [6.07, 6.45) is 4.59. The van der Waals surface area contributed by atoms with Crippen molar-refractivity contribution in [1.82, 2.24) is 5.32 Å². The van der Waals surface area contributed by atoms with E-state index in [2.05, 4.69) is 5.32 Å². The van der Waals surface area contributed by atoms with E-state index in [0.29, 0.717) is 24.7 Å². The molecule has 5 heteroatoms. The molecule has 110 valence electrons. The molecule has 0 aliphatic carbocycles. The Balaban J connectivity index is 1.68. The monoisotopic (exact) mass is 287 g/mol. The van der Waals surface area contributed by atoms with Gasteiger partial charge in [-0.2, -0.15) is 0 Å². The van der Waals surface area contributed by atoms with E-state index in [1.54, 1.807) is 37.6 Å². The van der Waals surface area contributed by atoms with Gasteiger partial charge in [0.05, 0.1) is 19.9 Å². The summed E-state index contributed by atoms with van der Waals surface area (Å²) in [4.78, 5) is 11.5. The summed E-state index contributed by atoms with van der Waals surface area (Å²) in [5.41, 5.74) is 0. The summed E-state index contributed by atoms with van der Waals surface area (Å²) in [7, 11) is 1.60. The normalized spacial score (nSPS) is 10.5. The second kappa shape index (κ2) is 7.79. The Morgan fingerprint density at radius 1 is 1.29 bits per heavy atom. The minimum absolute atomic E-state index is 0.194. The number of furan rings is 1. The number of hydrogen-bond donors (Lipinski definition) is 1. The lowest BCUT2D eigenvalue weighted by Gasteiger charge is -2.07. The summed E-state index contributed by atoms with van der Waals surface area (Å²) in [5.74, 6) is 1.88. The largest absolute Gasteiger partial charge is 0.497 e. The highest BCUT2D eigenvalue weighted by Crippen LogP contribution is 2.18. The highest BCUT2D eigenvalue weighted by molar-refractivity contribution is 5.91. The number of benzene rings is 1. The van der Waals surface area contributed by atoms with Gasteiger partial charge in [-0.3, -0.25) is 4.79 Å². The maximum absolute atomic E-state index is 11.5. The molecule has 0 unspecified atom stereocenters. The molecule has 1 amide bonds. The third-order valence-electron chi connectivity index (χ3n) is 2.65. The van der Waals surface area contributed by atoms with E-state index in [9.17, 15) is 4.79 Å². The number of carbonyl (C=O) groups is 1. The Hall–Kier alpha value is -2.69. The number of amides is 1. The van der Waals surface area contributed by atoms with Gasteiger partial charge >= 0.3 is 0 Å². The molecule has 0 aliphatic heterocycles. The lowest BCUT2D eigenvalue weighted by atomic mass is 10.3.